The summed E-state index contributed by atoms with van der Waals surface area (Å²) in [4.78, 5) is 13.9. The van der Waals surface area contributed by atoms with Crippen molar-refractivity contribution in [1.29, 1.82) is 0 Å². The second-order valence-electron chi connectivity index (χ2n) is 11.1. The van der Waals surface area contributed by atoms with Gasteiger partial charge in [0, 0.05) is 48.4 Å². The Balaban J connectivity index is 1.57. The Hall–Kier alpha value is -4.12. The van der Waals surface area contributed by atoms with E-state index in [-0.39, 0.29) is 10.6 Å². The SMILES string of the molecule is COCc1nn(C)c(C)c1-c1cccc2c(CCCOc3cc(C)c(Cl)c(C)c3)c(C(=O)NS(=O)(=O)c3ccccc3)n(C)c12. The molecule has 3 aromatic carbocycles. The van der Waals surface area contributed by atoms with Crippen LogP contribution in [-0.4, -0.2) is 42.4 Å². The molecule has 0 saturated heterocycles. The van der Waals surface area contributed by atoms with E-state index in [0.29, 0.717) is 31.1 Å². The third-order valence-corrected chi connectivity index (χ3v) is 9.96. The number of fused-ring (bicyclic) bond motifs is 1. The Morgan fingerprint density at radius 2 is 1.69 bits per heavy atom. The molecular weight excluding hydrogens is 612 g/mol. The number of para-hydroxylation sites is 1. The maximum absolute atomic E-state index is 13.9. The number of halogens is 1. The van der Waals surface area contributed by atoms with Crippen molar-refractivity contribution in [2.24, 2.45) is 14.1 Å². The molecule has 0 bridgehead atoms. The van der Waals surface area contributed by atoms with Crippen molar-refractivity contribution >= 4 is 38.4 Å². The number of methoxy groups -OCH3 is 1. The number of nitrogens with zero attached hydrogens (tertiary/aromatic N) is 3. The highest BCUT2D eigenvalue weighted by Gasteiger charge is 2.28. The predicted octanol–water partition coefficient (Wildman–Crippen LogP) is 6.43. The van der Waals surface area contributed by atoms with Gasteiger partial charge in [-0.2, -0.15) is 5.10 Å². The molecule has 0 saturated carbocycles. The zero-order valence-electron chi connectivity index (χ0n) is 26.3. The van der Waals surface area contributed by atoms with Crippen molar-refractivity contribution < 1.29 is 22.7 Å². The summed E-state index contributed by atoms with van der Waals surface area (Å²) in [5.41, 5.74) is 7.18. The molecule has 0 aliphatic rings. The zero-order chi connectivity index (χ0) is 32.5. The van der Waals surface area contributed by atoms with Crippen molar-refractivity contribution in [2.45, 2.75) is 45.1 Å². The molecule has 1 N–H and O–H groups in total. The van der Waals surface area contributed by atoms with Gasteiger partial charge in [-0.1, -0.05) is 48.0 Å². The normalized spacial score (nSPS) is 11.7. The van der Waals surface area contributed by atoms with Crippen molar-refractivity contribution in [3.8, 4) is 16.9 Å². The van der Waals surface area contributed by atoms with Crippen molar-refractivity contribution in [3.05, 3.63) is 99.5 Å². The molecule has 11 heteroatoms. The molecular formula is C34H37ClN4O5S. The average Bonchev–Trinajstić information content (AvgIpc) is 3.45. The van der Waals surface area contributed by atoms with Gasteiger partial charge in [-0.25, -0.2) is 13.1 Å². The highest BCUT2D eigenvalue weighted by atomic mass is 35.5. The Morgan fingerprint density at radius 1 is 1.00 bits per heavy atom. The minimum Gasteiger partial charge on any atom is -0.494 e. The predicted molar refractivity (Wildman–Crippen MR) is 176 cm³/mol. The molecule has 9 nitrogen and oxygen atoms in total. The summed E-state index contributed by atoms with van der Waals surface area (Å²) in [6.45, 7) is 6.56. The molecule has 1 amide bonds. The number of hydrogen-bond acceptors (Lipinski definition) is 6. The van der Waals surface area contributed by atoms with E-state index in [1.807, 2.05) is 62.8 Å². The maximum atomic E-state index is 13.9. The van der Waals surface area contributed by atoms with Crippen LogP contribution in [0.3, 0.4) is 0 Å². The number of amides is 1. The van der Waals surface area contributed by atoms with Crippen LogP contribution in [-0.2, 0) is 41.9 Å². The van der Waals surface area contributed by atoms with E-state index >= 15 is 0 Å². The minimum absolute atomic E-state index is 0.0106. The fraction of sp³-hybridized carbons (Fsp3) is 0.294. The van der Waals surface area contributed by atoms with E-state index in [0.717, 1.165) is 55.9 Å². The molecule has 0 radical (unpaired) electrons. The van der Waals surface area contributed by atoms with Crippen LogP contribution in [0.1, 0.15) is 45.0 Å². The highest BCUT2D eigenvalue weighted by Crippen LogP contribution is 2.38. The molecule has 0 spiro atoms. The molecule has 2 aromatic heterocycles. The van der Waals surface area contributed by atoms with Crippen molar-refractivity contribution in [3.63, 3.8) is 0 Å². The molecule has 0 aliphatic carbocycles. The van der Waals surface area contributed by atoms with Gasteiger partial charge >= 0.3 is 0 Å². The van der Waals surface area contributed by atoms with Crippen LogP contribution in [0.4, 0.5) is 0 Å². The number of carbonyl (C=O) groups excluding carboxylic acids is 1. The van der Waals surface area contributed by atoms with Gasteiger partial charge in [0.1, 0.15) is 11.4 Å². The quantitative estimate of drug-likeness (QED) is 0.166. The smallest absolute Gasteiger partial charge is 0.281 e. The van der Waals surface area contributed by atoms with Crippen molar-refractivity contribution in [1.82, 2.24) is 19.1 Å². The fourth-order valence-electron chi connectivity index (χ4n) is 5.86. The standard InChI is InChI=1S/C34H37ClN4O5S/c1-21-18-24(19-22(2)31(21)35)44-17-11-16-27-26-14-10-15-28(30-23(3)39(5)36-29(30)20-43-6)32(26)38(4)33(27)34(40)37-45(41,42)25-12-8-7-9-13-25/h7-10,12-15,18-19H,11,16-17,20H2,1-6H3,(H,37,40). The summed E-state index contributed by atoms with van der Waals surface area (Å²) >= 11 is 6.33. The van der Waals surface area contributed by atoms with Crippen LogP contribution in [0.5, 0.6) is 5.75 Å². The van der Waals surface area contributed by atoms with Gasteiger partial charge in [-0.15, -0.1) is 0 Å². The Morgan fingerprint density at radius 3 is 2.36 bits per heavy atom. The number of ether oxygens (including phenoxy) is 2. The number of sulfonamides is 1. The van der Waals surface area contributed by atoms with E-state index in [1.165, 1.54) is 12.1 Å². The molecule has 0 fully saturated rings. The van der Waals surface area contributed by atoms with E-state index < -0.39 is 15.9 Å². The maximum Gasteiger partial charge on any atom is 0.281 e. The van der Waals surface area contributed by atoms with Crippen LogP contribution >= 0.6 is 11.6 Å². The number of aromatic nitrogens is 3. The number of benzene rings is 3. The van der Waals surface area contributed by atoms with E-state index in [9.17, 15) is 13.2 Å². The van der Waals surface area contributed by atoms with Gasteiger partial charge in [0.2, 0.25) is 0 Å². The first-order valence-corrected chi connectivity index (χ1v) is 16.4. The van der Waals surface area contributed by atoms with Gasteiger partial charge in [0.05, 0.1) is 29.3 Å². The third kappa shape index (κ3) is 6.36. The highest BCUT2D eigenvalue weighted by molar-refractivity contribution is 7.90. The zero-order valence-corrected chi connectivity index (χ0v) is 27.8. The van der Waals surface area contributed by atoms with Gasteiger partial charge in [-0.05, 0) is 74.6 Å². The summed E-state index contributed by atoms with van der Waals surface area (Å²) in [5.74, 6) is 0.0163. The second kappa shape index (κ2) is 13.1. The number of nitrogens with one attached hydrogen (secondary N) is 1. The van der Waals surface area contributed by atoms with Crippen LogP contribution in [0, 0.1) is 20.8 Å². The largest absolute Gasteiger partial charge is 0.494 e. The Labute approximate surface area is 268 Å². The average molecular weight is 649 g/mol. The number of hydrogen-bond donors (Lipinski definition) is 1. The van der Waals surface area contributed by atoms with E-state index in [1.54, 1.807) is 36.9 Å². The molecule has 5 aromatic rings. The van der Waals surface area contributed by atoms with Crippen LogP contribution < -0.4 is 9.46 Å². The molecule has 0 unspecified atom stereocenters. The first-order valence-electron chi connectivity index (χ1n) is 14.6. The lowest BCUT2D eigenvalue weighted by Gasteiger charge is -2.12. The minimum atomic E-state index is -4.11. The first-order chi connectivity index (χ1) is 21.4. The van der Waals surface area contributed by atoms with Gasteiger partial charge < -0.3 is 14.0 Å². The summed E-state index contributed by atoms with van der Waals surface area (Å²) in [7, 11) is 1.18. The monoisotopic (exact) mass is 648 g/mol. The summed E-state index contributed by atoms with van der Waals surface area (Å²) in [6.07, 6.45) is 1.05. The van der Waals surface area contributed by atoms with Crippen LogP contribution in [0.15, 0.2) is 65.6 Å². The van der Waals surface area contributed by atoms with Crippen LogP contribution in [0.2, 0.25) is 5.02 Å². The second-order valence-corrected chi connectivity index (χ2v) is 13.2. The lowest BCUT2D eigenvalue weighted by molar-refractivity contribution is 0.0972. The molecule has 2 heterocycles. The topological polar surface area (TPSA) is 104 Å². The van der Waals surface area contributed by atoms with Gasteiger partial charge in [0.25, 0.3) is 15.9 Å². The summed E-state index contributed by atoms with van der Waals surface area (Å²) < 4.78 is 43.8. The molecule has 0 atom stereocenters. The molecule has 45 heavy (non-hydrogen) atoms. The van der Waals surface area contributed by atoms with E-state index in [4.69, 9.17) is 21.1 Å². The number of rotatable bonds is 11. The van der Waals surface area contributed by atoms with Gasteiger partial charge in [0.15, 0.2) is 0 Å². The Bertz CT molecular complexity index is 1980. The summed E-state index contributed by atoms with van der Waals surface area (Å²) in [6, 6.07) is 17.6. The number of aryl methyl sites for hydroxylation is 5. The summed E-state index contributed by atoms with van der Waals surface area (Å²) in [5, 5.41) is 6.23. The fourth-order valence-corrected chi connectivity index (χ4v) is 6.94. The molecule has 236 valence electrons. The third-order valence-electron chi connectivity index (χ3n) is 8.02. The lowest BCUT2D eigenvalue weighted by atomic mass is 9.98. The molecule has 0 aliphatic heterocycles. The Kier molecular flexibility index (Phi) is 9.38. The lowest BCUT2D eigenvalue weighted by Crippen LogP contribution is -2.32. The van der Waals surface area contributed by atoms with Crippen molar-refractivity contribution in [2.75, 3.05) is 13.7 Å². The van der Waals surface area contributed by atoms with Gasteiger partial charge in [-0.3, -0.25) is 9.48 Å². The number of carbonyl (C=O) groups is 1. The van der Waals surface area contributed by atoms with Crippen LogP contribution in [0.25, 0.3) is 22.0 Å². The van der Waals surface area contributed by atoms with E-state index in [2.05, 4.69) is 9.82 Å². The first kappa shape index (κ1) is 32.3. The molecule has 5 rings (SSSR count).